The van der Waals surface area contributed by atoms with E-state index >= 15 is 0 Å². The van der Waals surface area contributed by atoms with E-state index in [0.29, 0.717) is 43.9 Å². The van der Waals surface area contributed by atoms with E-state index in [1.165, 1.54) is 11.3 Å². The van der Waals surface area contributed by atoms with Crippen molar-refractivity contribution in [2.45, 2.75) is 39.7 Å². The summed E-state index contributed by atoms with van der Waals surface area (Å²) in [5, 5.41) is 7.77. The first-order valence-electron chi connectivity index (χ1n) is 11.2. The Hall–Kier alpha value is -2.87. The highest BCUT2D eigenvalue weighted by Crippen LogP contribution is 2.24. The van der Waals surface area contributed by atoms with Gasteiger partial charge in [0.05, 0.1) is 4.88 Å². The summed E-state index contributed by atoms with van der Waals surface area (Å²) < 4.78 is 0. The molecule has 0 unspecified atom stereocenters. The Morgan fingerprint density at radius 2 is 1.75 bits per heavy atom. The van der Waals surface area contributed by atoms with Crippen LogP contribution in [0.1, 0.15) is 41.9 Å². The van der Waals surface area contributed by atoms with Crippen LogP contribution < -0.4 is 10.6 Å². The molecule has 0 saturated carbocycles. The smallest absolute Gasteiger partial charge is 0.321 e. The number of likely N-dealkylation sites (tertiary alicyclic amines) is 1. The van der Waals surface area contributed by atoms with Crippen molar-refractivity contribution in [3.63, 3.8) is 0 Å². The Kier molecular flexibility index (Phi) is 8.27. The SMILES string of the molecule is CCN(CC)C(=O)[C@@H](NC(=O)c1cccs1)C1CCN(C(=O)Nc2ccc(C)cc2)CC1. The van der Waals surface area contributed by atoms with Crippen LogP contribution in [0.25, 0.3) is 0 Å². The molecule has 1 aliphatic heterocycles. The summed E-state index contributed by atoms with van der Waals surface area (Å²) in [6.45, 7) is 8.16. The van der Waals surface area contributed by atoms with Gasteiger partial charge in [0.15, 0.2) is 0 Å². The average molecular weight is 457 g/mol. The van der Waals surface area contributed by atoms with Crippen LogP contribution in [0, 0.1) is 12.8 Å². The maximum absolute atomic E-state index is 13.2. The monoisotopic (exact) mass is 456 g/mol. The normalized spacial score (nSPS) is 15.2. The second-order valence-corrected chi connectivity index (χ2v) is 9.01. The molecule has 1 atom stereocenters. The van der Waals surface area contributed by atoms with Crippen molar-refractivity contribution in [1.82, 2.24) is 15.1 Å². The largest absolute Gasteiger partial charge is 0.341 e. The van der Waals surface area contributed by atoms with Crippen molar-refractivity contribution in [2.75, 3.05) is 31.5 Å². The lowest BCUT2D eigenvalue weighted by Gasteiger charge is -2.37. The van der Waals surface area contributed by atoms with Crippen molar-refractivity contribution in [1.29, 1.82) is 0 Å². The molecule has 2 aromatic rings. The first-order valence-corrected chi connectivity index (χ1v) is 12.1. The summed E-state index contributed by atoms with van der Waals surface area (Å²) in [5.41, 5.74) is 1.90. The van der Waals surface area contributed by atoms with Gasteiger partial charge in [-0.2, -0.15) is 0 Å². The number of nitrogens with zero attached hydrogens (tertiary/aromatic N) is 2. The van der Waals surface area contributed by atoms with E-state index in [1.54, 1.807) is 15.9 Å². The van der Waals surface area contributed by atoms with Gasteiger partial charge in [0.1, 0.15) is 6.04 Å². The zero-order valence-corrected chi connectivity index (χ0v) is 19.8. The number of benzene rings is 1. The lowest BCUT2D eigenvalue weighted by molar-refractivity contribution is -0.134. The van der Waals surface area contributed by atoms with E-state index in [1.807, 2.05) is 56.5 Å². The van der Waals surface area contributed by atoms with E-state index < -0.39 is 6.04 Å². The fourth-order valence-corrected chi connectivity index (χ4v) is 4.64. The molecule has 1 fully saturated rings. The Bertz CT molecular complexity index is 902. The third-order valence-corrected chi connectivity index (χ3v) is 6.84. The zero-order chi connectivity index (χ0) is 23.1. The van der Waals surface area contributed by atoms with Crippen molar-refractivity contribution < 1.29 is 14.4 Å². The van der Waals surface area contributed by atoms with Crippen LogP contribution in [0.15, 0.2) is 41.8 Å². The number of carbonyl (C=O) groups is 3. The molecular formula is C24H32N4O3S. The number of hydrogen-bond donors (Lipinski definition) is 2. The molecule has 1 aromatic carbocycles. The first-order chi connectivity index (χ1) is 15.4. The minimum Gasteiger partial charge on any atom is -0.341 e. The Morgan fingerprint density at radius 1 is 1.09 bits per heavy atom. The molecule has 1 saturated heterocycles. The molecule has 172 valence electrons. The third-order valence-electron chi connectivity index (χ3n) is 5.97. The second-order valence-electron chi connectivity index (χ2n) is 8.06. The lowest BCUT2D eigenvalue weighted by atomic mass is 9.88. The van der Waals surface area contributed by atoms with E-state index in [9.17, 15) is 14.4 Å². The molecule has 1 aromatic heterocycles. The molecule has 8 heteroatoms. The fraction of sp³-hybridized carbons (Fsp3) is 0.458. The predicted octanol–water partition coefficient (Wildman–Crippen LogP) is 3.97. The van der Waals surface area contributed by atoms with Gasteiger partial charge in [-0.3, -0.25) is 9.59 Å². The Balaban J connectivity index is 1.64. The van der Waals surface area contributed by atoms with Gasteiger partial charge in [-0.1, -0.05) is 23.8 Å². The molecule has 0 spiro atoms. The summed E-state index contributed by atoms with van der Waals surface area (Å²) in [4.78, 5) is 42.7. The molecule has 4 amide bonds. The van der Waals surface area contributed by atoms with Gasteiger partial charge in [-0.15, -0.1) is 11.3 Å². The molecule has 0 bridgehead atoms. The van der Waals surface area contributed by atoms with Gasteiger partial charge in [-0.05, 0) is 63.1 Å². The molecule has 0 aliphatic carbocycles. The van der Waals surface area contributed by atoms with Crippen LogP contribution in [-0.2, 0) is 4.79 Å². The van der Waals surface area contributed by atoms with Crippen LogP contribution in [0.2, 0.25) is 0 Å². The predicted molar refractivity (Wildman–Crippen MR) is 128 cm³/mol. The standard InChI is InChI=1S/C24H32N4O3S/c1-4-27(5-2)23(30)21(26-22(29)20-7-6-16-32-20)18-12-14-28(15-13-18)24(31)25-19-10-8-17(3)9-11-19/h6-11,16,18,21H,4-5,12-15H2,1-3H3,(H,25,31)(H,26,29)/t21-/m0/s1. The van der Waals surface area contributed by atoms with Gasteiger partial charge >= 0.3 is 6.03 Å². The number of rotatable bonds is 7. The van der Waals surface area contributed by atoms with Crippen LogP contribution >= 0.6 is 11.3 Å². The maximum Gasteiger partial charge on any atom is 0.321 e. The first kappa shape index (κ1) is 23.8. The second kappa shape index (κ2) is 11.1. The van der Waals surface area contributed by atoms with Crippen LogP contribution in [0.5, 0.6) is 0 Å². The minimum absolute atomic E-state index is 0.0181. The quantitative estimate of drug-likeness (QED) is 0.662. The topological polar surface area (TPSA) is 81.8 Å². The Morgan fingerprint density at radius 3 is 2.31 bits per heavy atom. The van der Waals surface area contributed by atoms with Gasteiger partial charge in [0.2, 0.25) is 5.91 Å². The molecule has 2 heterocycles. The highest BCUT2D eigenvalue weighted by atomic mass is 32.1. The minimum atomic E-state index is -0.591. The number of thiophene rings is 1. The van der Waals surface area contributed by atoms with Crippen LogP contribution in [0.3, 0.4) is 0 Å². The van der Waals surface area contributed by atoms with Crippen molar-refractivity contribution in [3.05, 3.63) is 52.2 Å². The number of piperidine rings is 1. The average Bonchev–Trinajstić information content (AvgIpc) is 3.35. The summed E-state index contributed by atoms with van der Waals surface area (Å²) in [6.07, 6.45) is 1.31. The summed E-state index contributed by atoms with van der Waals surface area (Å²) in [7, 11) is 0. The van der Waals surface area contributed by atoms with E-state index in [2.05, 4.69) is 10.6 Å². The molecule has 0 radical (unpaired) electrons. The number of nitrogens with one attached hydrogen (secondary N) is 2. The zero-order valence-electron chi connectivity index (χ0n) is 19.0. The maximum atomic E-state index is 13.2. The molecular weight excluding hydrogens is 424 g/mol. The molecule has 7 nitrogen and oxygen atoms in total. The number of hydrogen-bond acceptors (Lipinski definition) is 4. The molecule has 1 aliphatic rings. The van der Waals surface area contributed by atoms with Crippen molar-refractivity contribution in [2.24, 2.45) is 5.92 Å². The highest BCUT2D eigenvalue weighted by Gasteiger charge is 2.35. The van der Waals surface area contributed by atoms with Gasteiger partial charge in [-0.25, -0.2) is 4.79 Å². The number of carbonyl (C=O) groups excluding carboxylic acids is 3. The van der Waals surface area contributed by atoms with Gasteiger partial charge < -0.3 is 20.4 Å². The number of aryl methyl sites for hydroxylation is 1. The highest BCUT2D eigenvalue weighted by molar-refractivity contribution is 7.12. The van der Waals surface area contributed by atoms with Crippen LogP contribution in [0.4, 0.5) is 10.5 Å². The van der Waals surface area contributed by atoms with Crippen molar-refractivity contribution >= 4 is 34.9 Å². The Labute approximate surface area is 193 Å². The number of likely N-dealkylation sites (N-methyl/N-ethyl adjacent to an activating group) is 1. The third kappa shape index (κ3) is 5.88. The summed E-state index contributed by atoms with van der Waals surface area (Å²) in [6, 6.07) is 10.6. The molecule has 2 N–H and O–H groups in total. The van der Waals surface area contributed by atoms with E-state index in [-0.39, 0.29) is 23.8 Å². The van der Waals surface area contributed by atoms with Gasteiger partial charge in [0.25, 0.3) is 5.91 Å². The fourth-order valence-electron chi connectivity index (χ4n) is 4.01. The van der Waals surface area contributed by atoms with Crippen LogP contribution in [-0.4, -0.2) is 59.9 Å². The summed E-state index contributed by atoms with van der Waals surface area (Å²) >= 11 is 1.36. The van der Waals surface area contributed by atoms with E-state index in [4.69, 9.17) is 0 Å². The summed E-state index contributed by atoms with van der Waals surface area (Å²) in [5.74, 6) is -0.289. The number of amides is 4. The van der Waals surface area contributed by atoms with Crippen molar-refractivity contribution in [3.8, 4) is 0 Å². The van der Waals surface area contributed by atoms with Gasteiger partial charge in [0, 0.05) is 31.9 Å². The number of anilines is 1. The van der Waals surface area contributed by atoms with E-state index in [0.717, 1.165) is 11.3 Å². The molecule has 3 rings (SSSR count). The number of urea groups is 1. The molecule has 32 heavy (non-hydrogen) atoms. The lowest BCUT2D eigenvalue weighted by Crippen LogP contribution is -2.55.